The molecule has 6 heteroatoms. The Morgan fingerprint density at radius 1 is 0.286 bits per heavy atom. The summed E-state index contributed by atoms with van der Waals surface area (Å²) in [6, 6.07) is 63.9. The van der Waals surface area contributed by atoms with Gasteiger partial charge in [-0.15, -0.1) is 22.7 Å². The molecular formula is C50H30N4S2. The van der Waals surface area contributed by atoms with Crippen molar-refractivity contribution >= 4 is 63.3 Å². The van der Waals surface area contributed by atoms with Gasteiger partial charge in [-0.2, -0.15) is 0 Å². The van der Waals surface area contributed by atoms with Crippen LogP contribution in [0.5, 0.6) is 0 Å². The van der Waals surface area contributed by atoms with Crippen molar-refractivity contribution in [2.24, 2.45) is 0 Å². The second-order valence-corrected chi connectivity index (χ2v) is 15.9. The number of hydrogen-bond donors (Lipinski definition) is 0. The first-order chi connectivity index (χ1) is 27.7. The van der Waals surface area contributed by atoms with Gasteiger partial charge in [0.15, 0.2) is 11.6 Å². The average molecular weight is 751 g/mol. The lowest BCUT2D eigenvalue weighted by molar-refractivity contribution is 1.24. The molecule has 0 amide bonds. The Labute approximate surface area is 331 Å². The molecule has 0 aliphatic heterocycles. The topological polar surface area (TPSA) is 51.6 Å². The summed E-state index contributed by atoms with van der Waals surface area (Å²) < 4.78 is 2.40. The first-order valence-corrected chi connectivity index (χ1v) is 20.2. The van der Waals surface area contributed by atoms with E-state index >= 15 is 0 Å². The van der Waals surface area contributed by atoms with Crippen LogP contribution >= 0.6 is 22.7 Å². The number of aromatic nitrogens is 4. The van der Waals surface area contributed by atoms with E-state index in [0.717, 1.165) is 88.0 Å². The number of fused-ring (bicyclic) bond motifs is 6. The molecule has 262 valence electrons. The minimum absolute atomic E-state index is 0.721. The molecule has 11 rings (SSSR count). The van der Waals surface area contributed by atoms with Crippen LogP contribution in [0.3, 0.4) is 0 Å². The lowest BCUT2D eigenvalue weighted by Crippen LogP contribution is -1.95. The number of thiophene rings is 2. The summed E-state index contributed by atoms with van der Waals surface area (Å²) in [7, 11) is 0. The van der Waals surface area contributed by atoms with Crippen LogP contribution in [0, 0.1) is 0 Å². The molecule has 0 fully saturated rings. The Kier molecular flexibility index (Phi) is 7.83. The zero-order chi connectivity index (χ0) is 37.0. The predicted molar refractivity (Wildman–Crippen MR) is 236 cm³/mol. The molecule has 0 N–H and O–H groups in total. The van der Waals surface area contributed by atoms with Crippen LogP contribution in [0.1, 0.15) is 0 Å². The first kappa shape index (κ1) is 32.6. The van der Waals surface area contributed by atoms with E-state index in [1.165, 1.54) is 20.2 Å². The van der Waals surface area contributed by atoms with Crippen LogP contribution in [-0.4, -0.2) is 19.9 Å². The van der Waals surface area contributed by atoms with Crippen LogP contribution < -0.4 is 0 Å². The second-order valence-electron chi connectivity index (χ2n) is 13.8. The summed E-state index contributed by atoms with van der Waals surface area (Å²) >= 11 is 3.44. The highest BCUT2D eigenvalue weighted by Crippen LogP contribution is 2.43. The second kappa shape index (κ2) is 13.5. The Morgan fingerprint density at radius 2 is 0.679 bits per heavy atom. The van der Waals surface area contributed by atoms with Crippen molar-refractivity contribution in [1.29, 1.82) is 0 Å². The van der Waals surface area contributed by atoms with Gasteiger partial charge in [-0.3, -0.25) is 0 Å². The zero-order valence-electron chi connectivity index (χ0n) is 29.9. The summed E-state index contributed by atoms with van der Waals surface area (Å²) in [5.41, 5.74) is 10.4. The van der Waals surface area contributed by atoms with Crippen molar-refractivity contribution in [3.8, 4) is 67.5 Å². The molecule has 0 unspecified atom stereocenters. The molecule has 0 aliphatic rings. The van der Waals surface area contributed by atoms with Crippen molar-refractivity contribution in [3.05, 3.63) is 182 Å². The lowest BCUT2D eigenvalue weighted by Gasteiger charge is -2.14. The highest BCUT2D eigenvalue weighted by molar-refractivity contribution is 7.26. The van der Waals surface area contributed by atoms with E-state index in [9.17, 15) is 0 Å². The molecule has 7 aromatic carbocycles. The van der Waals surface area contributed by atoms with Crippen molar-refractivity contribution in [2.45, 2.75) is 0 Å². The molecule has 0 saturated heterocycles. The molecule has 4 aromatic heterocycles. The lowest BCUT2D eigenvalue weighted by atomic mass is 9.92. The van der Waals surface area contributed by atoms with E-state index < -0.39 is 0 Å². The summed E-state index contributed by atoms with van der Waals surface area (Å²) in [6.07, 6.45) is 0. The van der Waals surface area contributed by atoms with Gasteiger partial charge in [0, 0.05) is 53.2 Å². The third-order valence-corrected chi connectivity index (χ3v) is 12.5. The zero-order valence-corrected chi connectivity index (χ0v) is 31.6. The van der Waals surface area contributed by atoms with Crippen LogP contribution in [-0.2, 0) is 0 Å². The highest BCUT2D eigenvalue weighted by atomic mass is 32.1. The van der Waals surface area contributed by atoms with E-state index in [-0.39, 0.29) is 0 Å². The minimum Gasteiger partial charge on any atom is -0.227 e. The summed E-state index contributed by atoms with van der Waals surface area (Å²) in [6.45, 7) is 0. The third kappa shape index (κ3) is 5.66. The number of rotatable bonds is 6. The van der Waals surface area contributed by atoms with Crippen molar-refractivity contribution in [1.82, 2.24) is 19.9 Å². The summed E-state index contributed by atoms with van der Waals surface area (Å²) in [5, 5.41) is 4.50. The Morgan fingerprint density at radius 3 is 1.23 bits per heavy atom. The quantitative estimate of drug-likeness (QED) is 0.170. The van der Waals surface area contributed by atoms with Gasteiger partial charge in [0.25, 0.3) is 0 Å². The van der Waals surface area contributed by atoms with Gasteiger partial charge in [-0.05, 0) is 58.7 Å². The van der Waals surface area contributed by atoms with Gasteiger partial charge in [0.1, 0.15) is 9.66 Å². The maximum atomic E-state index is 5.37. The molecule has 11 aromatic rings. The van der Waals surface area contributed by atoms with Crippen molar-refractivity contribution < 1.29 is 0 Å². The standard InChI is InChI=1S/C50H30N4S2/c1-4-15-31(16-5-1)36-28-37(30-38(29-36)46-44-40-24-11-13-26-42(40)56-50(44)54-48(52-46)33-19-8-3-9-20-33)34-21-14-22-35(27-34)45-43-39-23-10-12-25-41(39)55-49(43)53-47(51-45)32-17-6-2-7-18-32/h1-30H. The number of nitrogens with zero attached hydrogens (tertiary/aromatic N) is 4. The Hall–Kier alpha value is -6.86. The maximum Gasteiger partial charge on any atom is 0.161 e. The predicted octanol–water partition coefficient (Wildman–Crippen LogP) is 14.0. The van der Waals surface area contributed by atoms with Gasteiger partial charge in [0.2, 0.25) is 0 Å². The molecular weight excluding hydrogens is 721 g/mol. The van der Waals surface area contributed by atoms with Crippen LogP contribution in [0.15, 0.2) is 182 Å². The van der Waals surface area contributed by atoms with Gasteiger partial charge in [-0.25, -0.2) is 19.9 Å². The molecule has 0 bridgehead atoms. The van der Waals surface area contributed by atoms with E-state index in [1.54, 1.807) is 22.7 Å². The summed E-state index contributed by atoms with van der Waals surface area (Å²) in [4.78, 5) is 22.9. The fourth-order valence-corrected chi connectivity index (χ4v) is 9.82. The molecule has 4 nitrogen and oxygen atoms in total. The monoisotopic (exact) mass is 750 g/mol. The van der Waals surface area contributed by atoms with Gasteiger partial charge in [-0.1, -0.05) is 146 Å². The Bertz CT molecular complexity index is 3240. The Balaban J connectivity index is 1.15. The van der Waals surface area contributed by atoms with Crippen LogP contribution in [0.4, 0.5) is 0 Å². The van der Waals surface area contributed by atoms with Gasteiger partial charge >= 0.3 is 0 Å². The van der Waals surface area contributed by atoms with E-state index in [4.69, 9.17) is 19.9 Å². The maximum absolute atomic E-state index is 5.37. The van der Waals surface area contributed by atoms with E-state index in [2.05, 4.69) is 146 Å². The molecule has 56 heavy (non-hydrogen) atoms. The normalized spacial score (nSPS) is 11.6. The molecule has 0 radical (unpaired) electrons. The first-order valence-electron chi connectivity index (χ1n) is 18.5. The van der Waals surface area contributed by atoms with E-state index in [0.29, 0.717) is 0 Å². The minimum atomic E-state index is 0.721. The third-order valence-electron chi connectivity index (χ3n) is 10.3. The van der Waals surface area contributed by atoms with Crippen molar-refractivity contribution in [2.75, 3.05) is 0 Å². The summed E-state index contributed by atoms with van der Waals surface area (Å²) in [5.74, 6) is 1.45. The number of benzene rings is 7. The fraction of sp³-hybridized carbons (Fsp3) is 0. The molecule has 0 spiro atoms. The molecule has 0 aliphatic carbocycles. The molecule has 0 saturated carbocycles. The van der Waals surface area contributed by atoms with Crippen LogP contribution in [0.25, 0.3) is 108 Å². The van der Waals surface area contributed by atoms with Gasteiger partial charge < -0.3 is 0 Å². The van der Waals surface area contributed by atoms with E-state index in [1.807, 2.05) is 36.4 Å². The molecule has 4 heterocycles. The SMILES string of the molecule is c1ccc(-c2cc(-c3cccc(-c4nc(-c5ccccc5)nc5sc6ccccc6c45)c3)cc(-c3nc(-c4ccccc4)nc4sc5ccccc5c34)c2)cc1. The smallest absolute Gasteiger partial charge is 0.161 e. The van der Waals surface area contributed by atoms with Crippen LogP contribution in [0.2, 0.25) is 0 Å². The number of hydrogen-bond acceptors (Lipinski definition) is 6. The van der Waals surface area contributed by atoms with Crippen molar-refractivity contribution in [3.63, 3.8) is 0 Å². The average Bonchev–Trinajstić information content (AvgIpc) is 3.85. The highest BCUT2D eigenvalue weighted by Gasteiger charge is 2.20. The molecule has 0 atom stereocenters. The largest absolute Gasteiger partial charge is 0.227 e. The van der Waals surface area contributed by atoms with Gasteiger partial charge in [0.05, 0.1) is 11.4 Å². The fourth-order valence-electron chi connectivity index (χ4n) is 7.67.